The fraction of sp³-hybridized carbons (Fsp3) is 0.533. The van der Waals surface area contributed by atoms with E-state index in [-0.39, 0.29) is 18.4 Å². The largest absolute Gasteiger partial charge is 0.350 e. The van der Waals surface area contributed by atoms with Crippen LogP contribution in [-0.4, -0.2) is 30.9 Å². The van der Waals surface area contributed by atoms with E-state index in [0.29, 0.717) is 6.61 Å². The topological polar surface area (TPSA) is 50.8 Å². The second-order valence-electron chi connectivity index (χ2n) is 5.02. The standard InChI is InChI=1S/C15H22N2O3/c1-12(13-8-4-3-5-9-13)17(2)15(18)16-20-14-10-6-7-11-19-14/h3-5,8-9,12,14H,6-7,10-11H2,1-2H3,(H,16,18)/t12-,14+/m0/s1. The van der Waals surface area contributed by atoms with Crippen molar-refractivity contribution in [2.45, 2.75) is 38.5 Å². The summed E-state index contributed by atoms with van der Waals surface area (Å²) < 4.78 is 5.40. The first-order chi connectivity index (χ1) is 9.68. The van der Waals surface area contributed by atoms with Gasteiger partial charge in [-0.25, -0.2) is 15.1 Å². The van der Waals surface area contributed by atoms with Crippen molar-refractivity contribution in [3.8, 4) is 0 Å². The second kappa shape index (κ2) is 7.26. The smallest absolute Gasteiger partial charge is 0.341 e. The van der Waals surface area contributed by atoms with Crippen LogP contribution in [0.25, 0.3) is 0 Å². The average Bonchev–Trinajstić information content (AvgIpc) is 2.53. The Morgan fingerprint density at radius 1 is 1.40 bits per heavy atom. The van der Waals surface area contributed by atoms with E-state index in [1.807, 2.05) is 37.3 Å². The third-order valence-electron chi connectivity index (χ3n) is 3.60. The summed E-state index contributed by atoms with van der Waals surface area (Å²) in [7, 11) is 1.75. The van der Waals surface area contributed by atoms with E-state index in [1.54, 1.807) is 11.9 Å². The summed E-state index contributed by atoms with van der Waals surface area (Å²) in [6.07, 6.45) is 2.61. The molecule has 0 bridgehead atoms. The van der Waals surface area contributed by atoms with Crippen LogP contribution in [0.3, 0.4) is 0 Å². The van der Waals surface area contributed by atoms with Crippen molar-refractivity contribution in [3.63, 3.8) is 0 Å². The fourth-order valence-corrected chi connectivity index (χ4v) is 2.12. The highest BCUT2D eigenvalue weighted by Gasteiger charge is 2.20. The van der Waals surface area contributed by atoms with Gasteiger partial charge in [-0.05, 0) is 25.3 Å². The van der Waals surface area contributed by atoms with Crippen LogP contribution in [0, 0.1) is 0 Å². The summed E-state index contributed by atoms with van der Waals surface area (Å²) in [6, 6.07) is 9.59. The average molecular weight is 278 g/mol. The van der Waals surface area contributed by atoms with Gasteiger partial charge >= 0.3 is 6.03 Å². The van der Waals surface area contributed by atoms with Crippen LogP contribution in [0.2, 0.25) is 0 Å². The van der Waals surface area contributed by atoms with Crippen molar-refractivity contribution < 1.29 is 14.4 Å². The zero-order valence-electron chi connectivity index (χ0n) is 12.0. The normalized spacial score (nSPS) is 20.2. The number of benzene rings is 1. The molecule has 0 aromatic heterocycles. The molecule has 0 radical (unpaired) electrons. The minimum atomic E-state index is -0.326. The van der Waals surface area contributed by atoms with E-state index >= 15 is 0 Å². The molecule has 1 aromatic rings. The Kier molecular flexibility index (Phi) is 5.38. The lowest BCUT2D eigenvalue weighted by Gasteiger charge is -2.27. The maximum absolute atomic E-state index is 12.0. The summed E-state index contributed by atoms with van der Waals surface area (Å²) in [4.78, 5) is 18.9. The predicted octanol–water partition coefficient (Wildman–Crippen LogP) is 2.85. The summed E-state index contributed by atoms with van der Waals surface area (Å²) in [5.41, 5.74) is 3.55. The number of amides is 2. The van der Waals surface area contributed by atoms with Crippen molar-refractivity contribution in [1.29, 1.82) is 0 Å². The molecule has 5 nitrogen and oxygen atoms in total. The first-order valence-corrected chi connectivity index (χ1v) is 7.03. The van der Waals surface area contributed by atoms with E-state index in [0.717, 1.165) is 24.8 Å². The van der Waals surface area contributed by atoms with Gasteiger partial charge in [0.15, 0.2) is 6.29 Å². The van der Waals surface area contributed by atoms with Gasteiger partial charge in [-0.3, -0.25) is 0 Å². The molecule has 0 spiro atoms. The predicted molar refractivity (Wildman–Crippen MR) is 75.8 cm³/mol. The molecule has 2 rings (SSSR count). The van der Waals surface area contributed by atoms with Crippen LogP contribution in [0.5, 0.6) is 0 Å². The van der Waals surface area contributed by atoms with Crippen LogP contribution in [0.15, 0.2) is 30.3 Å². The van der Waals surface area contributed by atoms with E-state index in [1.165, 1.54) is 0 Å². The van der Waals surface area contributed by atoms with Crippen LogP contribution < -0.4 is 5.48 Å². The Bertz CT molecular complexity index is 418. The van der Waals surface area contributed by atoms with E-state index in [2.05, 4.69) is 5.48 Å². The third-order valence-corrected chi connectivity index (χ3v) is 3.60. The number of carbonyl (C=O) groups is 1. The second-order valence-corrected chi connectivity index (χ2v) is 5.02. The van der Waals surface area contributed by atoms with Gasteiger partial charge in [-0.2, -0.15) is 0 Å². The molecule has 2 amide bonds. The molecule has 5 heteroatoms. The maximum Gasteiger partial charge on any atom is 0.341 e. The molecule has 1 aliphatic heterocycles. The number of nitrogens with zero attached hydrogens (tertiary/aromatic N) is 1. The summed E-state index contributed by atoms with van der Waals surface area (Å²) in [6.45, 7) is 2.67. The lowest BCUT2D eigenvalue weighted by atomic mass is 10.1. The van der Waals surface area contributed by atoms with Gasteiger partial charge in [0.05, 0.1) is 6.04 Å². The van der Waals surface area contributed by atoms with Gasteiger partial charge < -0.3 is 9.64 Å². The molecule has 1 saturated heterocycles. The van der Waals surface area contributed by atoms with Crippen LogP contribution in [-0.2, 0) is 9.57 Å². The molecule has 1 aliphatic rings. The van der Waals surface area contributed by atoms with E-state index < -0.39 is 0 Å². The molecule has 1 N–H and O–H groups in total. The number of urea groups is 1. The minimum absolute atomic E-state index is 0.0212. The molecule has 1 heterocycles. The molecule has 0 aliphatic carbocycles. The SMILES string of the molecule is C[C@@H](c1ccccc1)N(C)C(=O)NO[C@@H]1CCCCO1. The number of nitrogens with one attached hydrogen (secondary N) is 1. The van der Waals surface area contributed by atoms with Gasteiger partial charge in [0.2, 0.25) is 0 Å². The van der Waals surface area contributed by atoms with E-state index in [9.17, 15) is 4.79 Å². The zero-order valence-corrected chi connectivity index (χ0v) is 12.0. The molecule has 0 unspecified atom stereocenters. The molecular formula is C15H22N2O3. The lowest BCUT2D eigenvalue weighted by Crippen LogP contribution is -2.41. The highest BCUT2D eigenvalue weighted by atomic mass is 16.8. The Morgan fingerprint density at radius 3 is 2.80 bits per heavy atom. The van der Waals surface area contributed by atoms with Crippen LogP contribution >= 0.6 is 0 Å². The maximum atomic E-state index is 12.0. The van der Waals surface area contributed by atoms with E-state index in [4.69, 9.17) is 9.57 Å². The van der Waals surface area contributed by atoms with Crippen molar-refractivity contribution in [2.24, 2.45) is 0 Å². The third kappa shape index (κ3) is 3.95. The number of ether oxygens (including phenoxy) is 1. The minimum Gasteiger partial charge on any atom is -0.350 e. The first kappa shape index (κ1) is 14.8. The summed E-state index contributed by atoms with van der Waals surface area (Å²) in [5.74, 6) is 0. The van der Waals surface area contributed by atoms with Gasteiger partial charge in [0, 0.05) is 20.1 Å². The molecular weight excluding hydrogens is 256 g/mol. The van der Waals surface area contributed by atoms with Crippen LogP contribution in [0.1, 0.15) is 37.8 Å². The molecule has 1 fully saturated rings. The number of hydroxylamine groups is 1. The first-order valence-electron chi connectivity index (χ1n) is 7.03. The fourth-order valence-electron chi connectivity index (χ4n) is 2.12. The van der Waals surface area contributed by atoms with Crippen molar-refractivity contribution in [1.82, 2.24) is 10.4 Å². The summed E-state index contributed by atoms with van der Waals surface area (Å²) in [5, 5.41) is 0. The molecule has 0 saturated carbocycles. The number of hydrogen-bond donors (Lipinski definition) is 1. The van der Waals surface area contributed by atoms with Crippen molar-refractivity contribution >= 4 is 6.03 Å². The highest BCUT2D eigenvalue weighted by Crippen LogP contribution is 2.18. The van der Waals surface area contributed by atoms with Crippen LogP contribution in [0.4, 0.5) is 4.79 Å². The van der Waals surface area contributed by atoms with Gasteiger partial charge in [-0.1, -0.05) is 30.3 Å². The Labute approximate surface area is 119 Å². The molecule has 20 heavy (non-hydrogen) atoms. The monoisotopic (exact) mass is 278 g/mol. The number of hydrogen-bond acceptors (Lipinski definition) is 3. The number of rotatable bonds is 4. The van der Waals surface area contributed by atoms with Gasteiger partial charge in [0.1, 0.15) is 0 Å². The molecule has 2 atom stereocenters. The van der Waals surface area contributed by atoms with Crippen molar-refractivity contribution in [3.05, 3.63) is 35.9 Å². The zero-order chi connectivity index (χ0) is 14.4. The van der Waals surface area contributed by atoms with Crippen molar-refractivity contribution in [2.75, 3.05) is 13.7 Å². The Morgan fingerprint density at radius 2 is 2.15 bits per heavy atom. The van der Waals surface area contributed by atoms with Gasteiger partial charge in [0.25, 0.3) is 0 Å². The van der Waals surface area contributed by atoms with Gasteiger partial charge in [-0.15, -0.1) is 0 Å². The molecule has 110 valence electrons. The quantitative estimate of drug-likeness (QED) is 0.862. The summed E-state index contributed by atoms with van der Waals surface area (Å²) >= 11 is 0. The highest BCUT2D eigenvalue weighted by molar-refractivity contribution is 5.73. The lowest BCUT2D eigenvalue weighted by molar-refractivity contribution is -0.187. The molecule has 1 aromatic carbocycles. The Balaban J connectivity index is 1.82. The number of carbonyl (C=O) groups excluding carboxylic acids is 1. The Hall–Kier alpha value is -1.59.